The smallest absolute Gasteiger partial charge is 0.325 e. The number of aromatic nitrogens is 2. The quantitative estimate of drug-likeness (QED) is 0.266. The van der Waals surface area contributed by atoms with Gasteiger partial charge in [0.15, 0.2) is 6.29 Å². The summed E-state index contributed by atoms with van der Waals surface area (Å²) in [6, 6.07) is 22.4. The van der Waals surface area contributed by atoms with Crippen molar-refractivity contribution in [2.45, 2.75) is 45.0 Å². The lowest BCUT2D eigenvalue weighted by molar-refractivity contribution is -0.252. The van der Waals surface area contributed by atoms with Gasteiger partial charge in [0.05, 0.1) is 49.3 Å². The van der Waals surface area contributed by atoms with Crippen molar-refractivity contribution < 1.29 is 28.9 Å². The molecule has 10 nitrogen and oxygen atoms in total. The Morgan fingerprint density at radius 1 is 1.02 bits per heavy atom. The maximum Gasteiger partial charge on any atom is 0.325 e. The molecule has 5 rings (SSSR count). The van der Waals surface area contributed by atoms with Crippen LogP contribution in [0, 0.1) is 0 Å². The molecule has 0 bridgehead atoms. The molecule has 1 aliphatic heterocycles. The van der Waals surface area contributed by atoms with Gasteiger partial charge >= 0.3 is 12.0 Å². The molecule has 40 heavy (non-hydrogen) atoms. The highest BCUT2D eigenvalue weighted by Crippen LogP contribution is 2.38. The second kappa shape index (κ2) is 12.7. The maximum atomic E-state index is 12.1. The van der Waals surface area contributed by atoms with Crippen molar-refractivity contribution in [1.82, 2.24) is 14.9 Å². The summed E-state index contributed by atoms with van der Waals surface area (Å²) in [5.74, 6) is -0.501. The molecule has 0 radical (unpaired) electrons. The molecule has 3 N–H and O–H groups in total. The van der Waals surface area contributed by atoms with Gasteiger partial charge in [0, 0.05) is 17.7 Å². The predicted octanol–water partition coefficient (Wildman–Crippen LogP) is 4.46. The number of aliphatic hydroxyl groups excluding tert-OH is 1. The number of benzene rings is 3. The van der Waals surface area contributed by atoms with Crippen LogP contribution in [-0.4, -0.2) is 45.9 Å². The minimum atomic E-state index is -0.636. The van der Waals surface area contributed by atoms with E-state index >= 15 is 0 Å². The molecule has 208 valence electrons. The molecular weight excluding hydrogens is 512 g/mol. The van der Waals surface area contributed by atoms with Gasteiger partial charge in [0.25, 0.3) is 0 Å². The third-order valence-electron chi connectivity index (χ3n) is 6.68. The van der Waals surface area contributed by atoms with Crippen LogP contribution in [0.15, 0.2) is 79.1 Å². The van der Waals surface area contributed by atoms with Crippen molar-refractivity contribution in [2.24, 2.45) is 0 Å². The lowest BCUT2D eigenvalue weighted by Gasteiger charge is -2.36. The molecule has 1 saturated heterocycles. The molecule has 2 heterocycles. The molecule has 0 saturated carbocycles. The second-order valence-corrected chi connectivity index (χ2v) is 9.47. The number of imidazole rings is 1. The molecule has 10 heteroatoms. The van der Waals surface area contributed by atoms with Crippen molar-refractivity contribution in [3.05, 3.63) is 95.8 Å². The predicted molar refractivity (Wildman–Crippen MR) is 148 cm³/mol. The number of carbonyl (C=O) groups excluding carboxylic acids is 2. The highest BCUT2D eigenvalue weighted by atomic mass is 16.7. The van der Waals surface area contributed by atoms with E-state index in [1.807, 2.05) is 67.0 Å². The van der Waals surface area contributed by atoms with Crippen molar-refractivity contribution in [3.8, 4) is 0 Å². The molecule has 4 aromatic rings. The van der Waals surface area contributed by atoms with Crippen LogP contribution < -0.4 is 10.6 Å². The molecule has 0 aliphatic carbocycles. The number of anilines is 1. The van der Waals surface area contributed by atoms with Gasteiger partial charge < -0.3 is 34.5 Å². The van der Waals surface area contributed by atoms with E-state index in [2.05, 4.69) is 20.2 Å². The minimum Gasteiger partial charge on any atom is -0.465 e. The van der Waals surface area contributed by atoms with Gasteiger partial charge in [-0.2, -0.15) is 0 Å². The Morgan fingerprint density at radius 3 is 2.52 bits per heavy atom. The number of nitrogens with one attached hydrogen (secondary N) is 2. The Labute approximate surface area is 231 Å². The maximum absolute atomic E-state index is 12.1. The lowest BCUT2D eigenvalue weighted by atomic mass is 10.00. The summed E-state index contributed by atoms with van der Waals surface area (Å²) in [6.07, 6.45) is 1.45. The second-order valence-electron chi connectivity index (χ2n) is 9.47. The summed E-state index contributed by atoms with van der Waals surface area (Å²) in [6.45, 7) is 2.33. The Morgan fingerprint density at radius 2 is 1.77 bits per heavy atom. The van der Waals surface area contributed by atoms with E-state index in [-0.39, 0.29) is 32.0 Å². The summed E-state index contributed by atoms with van der Waals surface area (Å²) in [5, 5.41) is 14.6. The molecule has 3 atom stereocenters. The van der Waals surface area contributed by atoms with Crippen LogP contribution in [0.1, 0.15) is 42.4 Å². The third kappa shape index (κ3) is 6.66. The molecule has 0 unspecified atom stereocenters. The number of urea groups is 1. The van der Waals surface area contributed by atoms with Crippen LogP contribution in [0.2, 0.25) is 0 Å². The zero-order chi connectivity index (χ0) is 27.9. The van der Waals surface area contributed by atoms with Gasteiger partial charge in [0.2, 0.25) is 0 Å². The fraction of sp³-hybridized carbons (Fsp3) is 0.300. The molecule has 1 aliphatic rings. The Hall–Kier alpha value is -4.25. The number of hydrogen-bond donors (Lipinski definition) is 3. The number of rotatable bonds is 9. The number of amides is 2. The first-order chi connectivity index (χ1) is 19.5. The average molecular weight is 545 g/mol. The van der Waals surface area contributed by atoms with Crippen LogP contribution >= 0.6 is 0 Å². The van der Waals surface area contributed by atoms with E-state index in [0.717, 1.165) is 27.7 Å². The number of fused-ring (bicyclic) bond motifs is 1. The van der Waals surface area contributed by atoms with Crippen molar-refractivity contribution in [2.75, 3.05) is 18.5 Å². The lowest BCUT2D eigenvalue weighted by Crippen LogP contribution is -2.34. The number of esters is 1. The monoisotopic (exact) mass is 544 g/mol. The van der Waals surface area contributed by atoms with Crippen molar-refractivity contribution in [1.29, 1.82) is 0 Å². The zero-order valence-electron chi connectivity index (χ0n) is 22.2. The van der Waals surface area contributed by atoms with Gasteiger partial charge in [-0.05, 0) is 42.3 Å². The van der Waals surface area contributed by atoms with E-state index < -0.39 is 18.3 Å². The Bertz CT molecular complexity index is 1440. The minimum absolute atomic E-state index is 0.0187. The number of ether oxygens (including phenoxy) is 3. The molecular formula is C30H32N4O6. The first-order valence-corrected chi connectivity index (χ1v) is 13.2. The molecule has 1 fully saturated rings. The van der Waals surface area contributed by atoms with E-state index in [4.69, 9.17) is 14.2 Å². The third-order valence-corrected chi connectivity index (χ3v) is 6.68. The number of aliphatic hydroxyl groups is 1. The van der Waals surface area contributed by atoms with Crippen LogP contribution in [0.25, 0.3) is 11.0 Å². The zero-order valence-corrected chi connectivity index (χ0v) is 22.2. The van der Waals surface area contributed by atoms with Crippen LogP contribution in [-0.2, 0) is 32.2 Å². The standard InChI is InChI=1S/C30H32N4O6/c1-2-38-28(36)16-31-30(37)33-23-13-11-22(12-14-23)29-39-24(17-34-19-32-25-5-3-4-6-26(25)34)15-27(40-29)21-9-7-20(18-35)8-10-21/h3-14,19,24,27,29,35H,2,15-18H2,1H3,(H2,31,33,37)/t24-,27+,29+/m0/s1. The first kappa shape index (κ1) is 27.3. The van der Waals surface area contributed by atoms with E-state index in [0.29, 0.717) is 18.7 Å². The SMILES string of the molecule is CCOC(=O)CNC(=O)Nc1ccc([C@@H]2O[C@H](Cn3cnc4ccccc43)C[C@H](c3ccc(CO)cc3)O2)cc1. The van der Waals surface area contributed by atoms with Gasteiger partial charge in [-0.1, -0.05) is 48.5 Å². The first-order valence-electron chi connectivity index (χ1n) is 13.2. The van der Waals surface area contributed by atoms with E-state index in [9.17, 15) is 14.7 Å². The molecule has 2 amide bonds. The molecule has 3 aromatic carbocycles. The highest BCUT2D eigenvalue weighted by molar-refractivity contribution is 5.91. The molecule has 0 spiro atoms. The Balaban J connectivity index is 1.31. The fourth-order valence-electron chi connectivity index (χ4n) is 4.67. The molecule has 1 aromatic heterocycles. The number of para-hydroxylation sites is 2. The average Bonchev–Trinajstić information content (AvgIpc) is 3.39. The number of hydrogen-bond acceptors (Lipinski definition) is 7. The van der Waals surface area contributed by atoms with Gasteiger partial charge in [-0.15, -0.1) is 0 Å². The van der Waals surface area contributed by atoms with Gasteiger partial charge in [0.1, 0.15) is 6.54 Å². The van der Waals surface area contributed by atoms with Crippen LogP contribution in [0.5, 0.6) is 0 Å². The Kier molecular flexibility index (Phi) is 8.70. The van der Waals surface area contributed by atoms with Crippen LogP contribution in [0.4, 0.5) is 10.5 Å². The highest BCUT2D eigenvalue weighted by Gasteiger charge is 2.32. The van der Waals surface area contributed by atoms with Crippen molar-refractivity contribution in [3.63, 3.8) is 0 Å². The number of carbonyl (C=O) groups is 2. The largest absolute Gasteiger partial charge is 0.465 e. The van der Waals surface area contributed by atoms with E-state index in [1.165, 1.54) is 0 Å². The summed E-state index contributed by atoms with van der Waals surface area (Å²) in [5.41, 5.74) is 5.16. The van der Waals surface area contributed by atoms with Gasteiger partial charge in [-0.25, -0.2) is 9.78 Å². The topological polar surface area (TPSA) is 124 Å². The van der Waals surface area contributed by atoms with Crippen LogP contribution in [0.3, 0.4) is 0 Å². The normalized spacial score (nSPS) is 18.8. The summed E-state index contributed by atoms with van der Waals surface area (Å²) < 4.78 is 19.8. The van der Waals surface area contributed by atoms with Gasteiger partial charge in [-0.3, -0.25) is 4.79 Å². The van der Waals surface area contributed by atoms with Crippen molar-refractivity contribution >= 4 is 28.7 Å². The summed E-state index contributed by atoms with van der Waals surface area (Å²) >= 11 is 0. The summed E-state index contributed by atoms with van der Waals surface area (Å²) in [7, 11) is 0. The van der Waals surface area contributed by atoms with E-state index in [1.54, 1.807) is 19.1 Å². The summed E-state index contributed by atoms with van der Waals surface area (Å²) in [4.78, 5) is 28.1. The fourth-order valence-corrected chi connectivity index (χ4v) is 4.67. The number of nitrogens with zero attached hydrogens (tertiary/aromatic N) is 2.